The lowest BCUT2D eigenvalue weighted by atomic mass is 9.97. The lowest BCUT2D eigenvalue weighted by Gasteiger charge is -2.10. The molecule has 1 heterocycles. The van der Waals surface area contributed by atoms with E-state index in [-0.39, 0.29) is 5.78 Å². The molecule has 0 unspecified atom stereocenters. The van der Waals surface area contributed by atoms with E-state index in [2.05, 4.69) is 0 Å². The predicted octanol–water partition coefficient (Wildman–Crippen LogP) is 3.70. The van der Waals surface area contributed by atoms with Crippen molar-refractivity contribution >= 4 is 5.78 Å². The van der Waals surface area contributed by atoms with Crippen molar-refractivity contribution in [1.82, 2.24) is 0 Å². The zero-order valence-corrected chi connectivity index (χ0v) is 12.3. The summed E-state index contributed by atoms with van der Waals surface area (Å²) in [6.07, 6.45) is 0.856. The smallest absolute Gasteiger partial charge is 0.193 e. The molecule has 3 nitrogen and oxygen atoms in total. The molecule has 0 fully saturated rings. The van der Waals surface area contributed by atoms with Gasteiger partial charge in [0.15, 0.2) is 17.3 Å². The molecule has 0 bridgehead atoms. The Kier molecular flexibility index (Phi) is 3.65. The number of aryl methyl sites for hydroxylation is 2. The summed E-state index contributed by atoms with van der Waals surface area (Å²) in [6.45, 7) is 5.25. The number of rotatable bonds is 2. The Labute approximate surface area is 124 Å². The lowest BCUT2D eigenvalue weighted by Crippen LogP contribution is -2.04. The number of ether oxygens (including phenoxy) is 2. The van der Waals surface area contributed by atoms with Crippen LogP contribution in [0.1, 0.15) is 33.5 Å². The second-order valence-corrected chi connectivity index (χ2v) is 5.36. The molecule has 1 aliphatic heterocycles. The van der Waals surface area contributed by atoms with Gasteiger partial charge in [0.25, 0.3) is 0 Å². The monoisotopic (exact) mass is 282 g/mol. The summed E-state index contributed by atoms with van der Waals surface area (Å²) in [6, 6.07) is 11.3. The van der Waals surface area contributed by atoms with Crippen molar-refractivity contribution in [2.75, 3.05) is 13.2 Å². The van der Waals surface area contributed by atoms with Gasteiger partial charge in [-0.3, -0.25) is 4.79 Å². The highest BCUT2D eigenvalue weighted by atomic mass is 16.5. The van der Waals surface area contributed by atoms with Crippen molar-refractivity contribution in [3.8, 4) is 11.5 Å². The van der Waals surface area contributed by atoms with Gasteiger partial charge >= 0.3 is 0 Å². The molecule has 0 N–H and O–H groups in total. The molecule has 0 atom stereocenters. The Morgan fingerprint density at radius 1 is 0.952 bits per heavy atom. The molecule has 0 aliphatic carbocycles. The summed E-state index contributed by atoms with van der Waals surface area (Å²) in [5.41, 5.74) is 3.51. The topological polar surface area (TPSA) is 35.5 Å². The van der Waals surface area contributed by atoms with Gasteiger partial charge in [0.05, 0.1) is 13.2 Å². The van der Waals surface area contributed by atoms with Gasteiger partial charge in [-0.15, -0.1) is 0 Å². The lowest BCUT2D eigenvalue weighted by molar-refractivity contribution is 0.103. The Morgan fingerprint density at radius 2 is 1.71 bits per heavy atom. The minimum absolute atomic E-state index is 0.0168. The van der Waals surface area contributed by atoms with E-state index in [1.165, 1.54) is 0 Å². The van der Waals surface area contributed by atoms with Crippen molar-refractivity contribution in [3.05, 3.63) is 58.7 Å². The van der Waals surface area contributed by atoms with E-state index in [9.17, 15) is 4.79 Å². The highest BCUT2D eigenvalue weighted by Crippen LogP contribution is 2.31. The second-order valence-electron chi connectivity index (χ2n) is 5.36. The Balaban J connectivity index is 1.96. The molecular formula is C18H18O3. The summed E-state index contributed by atoms with van der Waals surface area (Å²) in [5.74, 6) is 1.39. The van der Waals surface area contributed by atoms with Crippen LogP contribution in [0, 0.1) is 13.8 Å². The van der Waals surface area contributed by atoms with E-state index in [4.69, 9.17) is 9.47 Å². The standard InChI is InChI=1S/C18H18O3/c1-12-4-6-15(13(2)10-12)18(19)14-5-7-16-17(11-14)21-9-3-8-20-16/h4-7,10-11H,3,8-9H2,1-2H3. The van der Waals surface area contributed by atoms with Crippen LogP contribution in [-0.4, -0.2) is 19.0 Å². The third kappa shape index (κ3) is 2.77. The molecule has 0 aromatic heterocycles. The summed E-state index contributed by atoms with van der Waals surface area (Å²) in [4.78, 5) is 12.7. The Morgan fingerprint density at radius 3 is 2.48 bits per heavy atom. The maximum atomic E-state index is 12.7. The Hall–Kier alpha value is -2.29. The molecule has 0 radical (unpaired) electrons. The van der Waals surface area contributed by atoms with Crippen LogP contribution in [0.15, 0.2) is 36.4 Å². The number of carbonyl (C=O) groups excluding carboxylic acids is 1. The van der Waals surface area contributed by atoms with Crippen molar-refractivity contribution in [2.45, 2.75) is 20.3 Å². The second kappa shape index (κ2) is 5.60. The maximum absolute atomic E-state index is 12.7. The predicted molar refractivity (Wildman–Crippen MR) is 81.4 cm³/mol. The molecule has 0 amide bonds. The van der Waals surface area contributed by atoms with Gasteiger partial charge in [-0.1, -0.05) is 23.8 Å². The zero-order chi connectivity index (χ0) is 14.8. The van der Waals surface area contributed by atoms with Gasteiger partial charge < -0.3 is 9.47 Å². The van der Waals surface area contributed by atoms with Gasteiger partial charge in [0, 0.05) is 17.5 Å². The van der Waals surface area contributed by atoms with Gasteiger partial charge in [-0.25, -0.2) is 0 Å². The number of benzene rings is 2. The van der Waals surface area contributed by atoms with E-state index in [1.807, 2.05) is 38.1 Å². The van der Waals surface area contributed by atoms with Gasteiger partial charge in [-0.05, 0) is 37.6 Å². The van der Waals surface area contributed by atoms with Crippen LogP contribution in [0.3, 0.4) is 0 Å². The summed E-state index contributed by atoms with van der Waals surface area (Å²) >= 11 is 0. The van der Waals surface area contributed by atoms with Crippen LogP contribution in [0.4, 0.5) is 0 Å². The first-order chi connectivity index (χ1) is 10.1. The van der Waals surface area contributed by atoms with Crippen LogP contribution in [-0.2, 0) is 0 Å². The van der Waals surface area contributed by atoms with Crippen molar-refractivity contribution in [2.24, 2.45) is 0 Å². The van der Waals surface area contributed by atoms with Crippen LogP contribution >= 0.6 is 0 Å². The van der Waals surface area contributed by atoms with Crippen molar-refractivity contribution in [1.29, 1.82) is 0 Å². The summed E-state index contributed by atoms with van der Waals surface area (Å²) < 4.78 is 11.2. The SMILES string of the molecule is Cc1ccc(C(=O)c2ccc3c(c2)OCCCO3)c(C)c1. The van der Waals surface area contributed by atoms with E-state index in [0.29, 0.717) is 30.3 Å². The first-order valence-electron chi connectivity index (χ1n) is 7.17. The molecule has 0 saturated heterocycles. The highest BCUT2D eigenvalue weighted by Gasteiger charge is 2.16. The number of hydrogen-bond acceptors (Lipinski definition) is 3. The third-order valence-corrected chi connectivity index (χ3v) is 3.64. The number of hydrogen-bond donors (Lipinski definition) is 0. The number of fused-ring (bicyclic) bond motifs is 1. The number of ketones is 1. The summed E-state index contributed by atoms with van der Waals surface area (Å²) in [5, 5.41) is 0. The fourth-order valence-corrected chi connectivity index (χ4v) is 2.53. The molecule has 3 heteroatoms. The molecule has 3 rings (SSSR count). The largest absolute Gasteiger partial charge is 0.490 e. The van der Waals surface area contributed by atoms with Crippen LogP contribution in [0.2, 0.25) is 0 Å². The van der Waals surface area contributed by atoms with E-state index in [1.54, 1.807) is 12.1 Å². The molecule has 21 heavy (non-hydrogen) atoms. The molecule has 0 spiro atoms. The quantitative estimate of drug-likeness (QED) is 0.788. The fourth-order valence-electron chi connectivity index (χ4n) is 2.53. The molecular weight excluding hydrogens is 264 g/mol. The molecule has 2 aromatic carbocycles. The average molecular weight is 282 g/mol. The normalized spacial score (nSPS) is 13.6. The van der Waals surface area contributed by atoms with Crippen molar-refractivity contribution < 1.29 is 14.3 Å². The average Bonchev–Trinajstić information content (AvgIpc) is 2.71. The third-order valence-electron chi connectivity index (χ3n) is 3.64. The number of carbonyl (C=O) groups is 1. The van der Waals surface area contributed by atoms with Crippen LogP contribution in [0.5, 0.6) is 11.5 Å². The molecule has 2 aromatic rings. The Bertz CT molecular complexity index is 689. The first kappa shape index (κ1) is 13.7. The van der Waals surface area contributed by atoms with E-state index >= 15 is 0 Å². The fraction of sp³-hybridized carbons (Fsp3) is 0.278. The van der Waals surface area contributed by atoms with Crippen LogP contribution < -0.4 is 9.47 Å². The first-order valence-corrected chi connectivity index (χ1v) is 7.17. The van der Waals surface area contributed by atoms with Crippen LogP contribution in [0.25, 0.3) is 0 Å². The van der Waals surface area contributed by atoms with Gasteiger partial charge in [0.2, 0.25) is 0 Å². The molecule has 1 aliphatic rings. The van der Waals surface area contributed by atoms with Gasteiger partial charge in [-0.2, -0.15) is 0 Å². The van der Waals surface area contributed by atoms with Crippen molar-refractivity contribution in [3.63, 3.8) is 0 Å². The molecule has 108 valence electrons. The van der Waals surface area contributed by atoms with E-state index in [0.717, 1.165) is 23.1 Å². The maximum Gasteiger partial charge on any atom is 0.193 e. The van der Waals surface area contributed by atoms with Gasteiger partial charge in [0.1, 0.15) is 0 Å². The minimum atomic E-state index is 0.0168. The summed E-state index contributed by atoms with van der Waals surface area (Å²) in [7, 11) is 0. The van der Waals surface area contributed by atoms with E-state index < -0.39 is 0 Å². The highest BCUT2D eigenvalue weighted by molar-refractivity contribution is 6.10. The zero-order valence-electron chi connectivity index (χ0n) is 12.3. The molecule has 0 saturated carbocycles. The minimum Gasteiger partial charge on any atom is -0.490 e.